The average Bonchev–Trinajstić information content (AvgIpc) is 0.835. The summed E-state index contributed by atoms with van der Waals surface area (Å²) in [5.74, 6) is 0.795. The summed E-state index contributed by atoms with van der Waals surface area (Å²) >= 11 is 2.16. The maximum absolute atomic E-state index is 4.33. The van der Waals surface area contributed by atoms with Gasteiger partial charge in [-0.05, 0) is 130 Å². The molecule has 0 aliphatic heterocycles. The average molecular weight is 1390 g/mol. The van der Waals surface area contributed by atoms with Crippen LogP contribution in [-0.2, 0) is 0 Å². The van der Waals surface area contributed by atoms with Crippen LogP contribution in [0.25, 0.3) is 11.4 Å². The van der Waals surface area contributed by atoms with Crippen molar-refractivity contribution < 1.29 is 0 Å². The van der Waals surface area contributed by atoms with Crippen LogP contribution in [0.4, 0.5) is 0 Å². The van der Waals surface area contributed by atoms with Crippen molar-refractivity contribution in [1.82, 2.24) is 9.97 Å². The van der Waals surface area contributed by atoms with E-state index in [0.717, 1.165) is 28.0 Å². The van der Waals surface area contributed by atoms with Crippen molar-refractivity contribution in [2.75, 3.05) is 0 Å². The zero-order chi connectivity index (χ0) is 68.7. The van der Waals surface area contributed by atoms with Gasteiger partial charge in [0.05, 0.1) is 0 Å². The molecule has 14 rings (SSSR count). The highest BCUT2D eigenvalue weighted by Crippen LogP contribution is 2.52. The fourth-order valence-corrected chi connectivity index (χ4v) is 30.8. The third-order valence-corrected chi connectivity index (χ3v) is 38.9. The molecule has 14 aromatic rings. The van der Waals surface area contributed by atoms with Gasteiger partial charge >= 0.3 is 0 Å². The van der Waals surface area contributed by atoms with Crippen LogP contribution in [0.1, 0.15) is 41.5 Å². The first-order chi connectivity index (χ1) is 48.7. The molecule has 0 bridgehead atoms. The van der Waals surface area contributed by atoms with E-state index in [-0.39, 0.29) is 0 Å². The van der Waals surface area contributed by atoms with Gasteiger partial charge in [-0.2, -0.15) is 11.2 Å². The number of benzene rings is 13. The van der Waals surface area contributed by atoms with Crippen molar-refractivity contribution in [2.24, 2.45) is 0 Å². The van der Waals surface area contributed by atoms with Crippen LogP contribution in [0.3, 0.4) is 0 Å². The zero-order valence-electron chi connectivity index (χ0n) is 57.5. The lowest BCUT2D eigenvalue weighted by Crippen LogP contribution is -2.40. The smallest absolute Gasteiger partial charge is 0.159 e. The van der Waals surface area contributed by atoms with E-state index in [4.69, 9.17) is 0 Å². The molecule has 0 aliphatic carbocycles. The van der Waals surface area contributed by atoms with Crippen LogP contribution in [0.5, 0.6) is 0 Å². The van der Waals surface area contributed by atoms with Crippen LogP contribution in [0.15, 0.2) is 412 Å². The Hall–Kier alpha value is -8.77. The Morgan fingerprint density at radius 1 is 0.212 bits per heavy atom. The van der Waals surface area contributed by atoms with Crippen LogP contribution < -0.4 is 63.7 Å². The van der Waals surface area contributed by atoms with Crippen molar-refractivity contribution in [3.05, 3.63) is 407 Å². The lowest BCUT2D eigenvalue weighted by molar-refractivity contribution is 0.851. The number of hydrogen-bond donors (Lipinski definition) is 0. The fourth-order valence-electron chi connectivity index (χ4n) is 12.4. The van der Waals surface area contributed by atoms with Crippen molar-refractivity contribution in [3.63, 3.8) is 0 Å². The molecule has 0 spiro atoms. The van der Waals surface area contributed by atoms with Gasteiger partial charge in [-0.25, -0.2) is 9.97 Å². The molecular formula is C91H88N2P4SSi. The number of hydrogen-bond acceptors (Lipinski definition) is 3. The quantitative estimate of drug-likeness (QED) is 0.0632. The highest BCUT2D eigenvalue weighted by atomic mass is 32.4. The molecular weight excluding hydrogens is 1310 g/mol. The molecule has 0 amide bonds. The summed E-state index contributed by atoms with van der Waals surface area (Å²) in [6.07, 6.45) is 3.58. The summed E-state index contributed by atoms with van der Waals surface area (Å²) in [6, 6.07) is 140. The van der Waals surface area contributed by atoms with Gasteiger partial charge in [-0.1, -0.05) is 418 Å². The second-order valence-electron chi connectivity index (χ2n) is 24.4. The third-order valence-electron chi connectivity index (χ3n) is 16.9. The summed E-state index contributed by atoms with van der Waals surface area (Å²) in [5.41, 5.74) is 3.35. The second kappa shape index (κ2) is 39.1. The van der Waals surface area contributed by atoms with E-state index in [2.05, 4.69) is 451 Å². The molecule has 13 aromatic carbocycles. The molecule has 2 nitrogen and oxygen atoms in total. The lowest BCUT2D eigenvalue weighted by atomic mass is 10.2. The van der Waals surface area contributed by atoms with Crippen molar-refractivity contribution in [1.29, 1.82) is 0 Å². The minimum absolute atomic E-state index is 0.446. The van der Waals surface area contributed by atoms with E-state index in [1.165, 1.54) is 68.5 Å². The Balaban J connectivity index is 0.000000134. The maximum atomic E-state index is 4.33. The highest BCUT2D eigenvalue weighted by molar-refractivity contribution is 8.29. The van der Waals surface area contributed by atoms with Gasteiger partial charge in [0.2, 0.25) is 0 Å². The first-order valence-electron chi connectivity index (χ1n) is 34.1. The van der Waals surface area contributed by atoms with Crippen LogP contribution in [0, 0.1) is 0 Å². The van der Waals surface area contributed by atoms with Crippen molar-refractivity contribution in [2.45, 2.75) is 63.1 Å². The predicted molar refractivity (Wildman–Crippen MR) is 445 cm³/mol. The molecule has 0 unspecified atom stereocenters. The predicted octanol–water partition coefficient (Wildman–Crippen LogP) is 20.2. The molecule has 0 saturated carbocycles. The van der Waals surface area contributed by atoms with E-state index in [1.54, 1.807) is 12.4 Å². The number of nitrogens with zero attached hydrogens (tertiary/aromatic N) is 2. The van der Waals surface area contributed by atoms with E-state index in [1.807, 2.05) is 6.07 Å². The minimum atomic E-state index is -1.48. The van der Waals surface area contributed by atoms with Gasteiger partial charge in [0.1, 0.15) is 7.22 Å². The van der Waals surface area contributed by atoms with Crippen LogP contribution in [0.2, 0.25) is 16.6 Å². The van der Waals surface area contributed by atoms with E-state index >= 15 is 0 Å². The Labute approximate surface area is 600 Å². The maximum Gasteiger partial charge on any atom is 0.159 e. The summed E-state index contributed by atoms with van der Waals surface area (Å²) in [6.45, 7) is 14.4. The topological polar surface area (TPSA) is 25.8 Å². The Morgan fingerprint density at radius 2 is 0.374 bits per heavy atom. The van der Waals surface area contributed by atoms with Gasteiger partial charge in [0.15, 0.2) is 5.82 Å². The first-order valence-corrected chi connectivity index (χ1v) is 43.2. The highest BCUT2D eigenvalue weighted by Gasteiger charge is 2.44. The number of rotatable bonds is 18. The van der Waals surface area contributed by atoms with E-state index < -0.39 is 38.9 Å². The third kappa shape index (κ3) is 20.9. The molecule has 0 saturated heterocycles. The lowest BCUT2D eigenvalue weighted by Gasteiger charge is -2.42. The first kappa shape index (κ1) is 73.0. The Morgan fingerprint density at radius 3 is 0.525 bits per heavy atom. The van der Waals surface area contributed by atoms with Gasteiger partial charge in [-0.15, -0.1) is 0 Å². The largest absolute Gasteiger partial charge is 0.237 e. The van der Waals surface area contributed by atoms with Gasteiger partial charge in [0, 0.05) is 22.9 Å². The summed E-state index contributed by atoms with van der Waals surface area (Å²) in [4.78, 5) is 10.0. The van der Waals surface area contributed by atoms with Crippen molar-refractivity contribution in [3.8, 4) is 11.4 Å². The minimum Gasteiger partial charge on any atom is -0.237 e. The summed E-state index contributed by atoms with van der Waals surface area (Å²) < 4.78 is 0. The molecule has 0 fully saturated rings. The normalized spacial score (nSPS) is 11.0. The molecule has 8 heteroatoms. The summed E-state index contributed by atoms with van der Waals surface area (Å²) in [5, 5.41) is 16.8. The Kier molecular flexibility index (Phi) is 28.8. The van der Waals surface area contributed by atoms with Gasteiger partial charge < -0.3 is 0 Å². The van der Waals surface area contributed by atoms with E-state index in [9.17, 15) is 0 Å². The molecule has 0 N–H and O–H groups in total. The Bertz CT molecular complexity index is 3580. The number of aromatic nitrogens is 2. The monoisotopic (exact) mass is 1390 g/mol. The molecule has 1 aromatic heterocycles. The SMILES string of the molecule is CC(C)[Si](Sc1ccc(-c2ncccn2)cc1)(C(C)C)C(C)C.c1ccc(P(c2ccccc2)c2ccccc2)cc1.c1ccc(P(c2ccccc2)c2ccccc2)cc1.c1ccc(P(c2ccccc2)c2ccccc2)cc1.c1ccc(P(c2ccccc2)c2ccccc2)cc1. The molecule has 99 heavy (non-hydrogen) atoms. The fraction of sp³-hybridized carbons (Fsp3) is 0.0989. The van der Waals surface area contributed by atoms with Gasteiger partial charge in [-0.3, -0.25) is 0 Å². The molecule has 492 valence electrons. The van der Waals surface area contributed by atoms with Crippen LogP contribution >= 0.6 is 42.9 Å². The zero-order valence-corrected chi connectivity index (χ0v) is 62.9. The molecule has 0 aliphatic rings. The van der Waals surface area contributed by atoms with Crippen molar-refractivity contribution >= 4 is 114 Å². The summed E-state index contributed by atoms with van der Waals surface area (Å²) in [7, 11) is -3.26. The molecule has 0 atom stereocenters. The molecule has 1 heterocycles. The van der Waals surface area contributed by atoms with Crippen LogP contribution in [-0.4, -0.2) is 17.2 Å². The second-order valence-corrected chi connectivity index (χ2v) is 41.8. The standard InChI is InChI=1S/C19H28N2SSi.4C18H15P/c1-14(2)23(15(3)4,16(5)6)22-18-10-8-17(9-11-18)19-20-12-7-13-21-19;4*1-4-10-16(11-5-1)19(17-12-6-2-7-13-17)18-14-8-3-9-15-18/h7-16H,1-6H3;4*1-15H. The van der Waals surface area contributed by atoms with E-state index in [0.29, 0.717) is 0 Å². The van der Waals surface area contributed by atoms with Gasteiger partial charge in [0.25, 0.3) is 0 Å². The molecule has 0 radical (unpaired) electrons.